The fourth-order valence-corrected chi connectivity index (χ4v) is 5.74. The molecule has 1 saturated heterocycles. The third-order valence-corrected chi connectivity index (χ3v) is 7.21. The van der Waals surface area contributed by atoms with Gasteiger partial charge in [-0.1, -0.05) is 47.7 Å². The molecule has 8 heteroatoms. The molecule has 0 unspecified atom stereocenters. The average Bonchev–Trinajstić information content (AvgIpc) is 3.54. The molecule has 7 nitrogen and oxygen atoms in total. The van der Waals surface area contributed by atoms with E-state index in [1.165, 1.54) is 0 Å². The van der Waals surface area contributed by atoms with Crippen molar-refractivity contribution in [3.8, 4) is 11.4 Å². The Labute approximate surface area is 200 Å². The Kier molecular flexibility index (Phi) is 5.24. The molecule has 0 saturated carbocycles. The van der Waals surface area contributed by atoms with Gasteiger partial charge in [-0.05, 0) is 31.2 Å². The molecule has 0 aliphatic carbocycles. The summed E-state index contributed by atoms with van der Waals surface area (Å²) >= 11 is 1.64. The highest BCUT2D eigenvalue weighted by Crippen LogP contribution is 2.41. The van der Waals surface area contributed by atoms with E-state index in [4.69, 9.17) is 14.9 Å². The molecule has 3 aromatic heterocycles. The predicted molar refractivity (Wildman–Crippen MR) is 135 cm³/mol. The van der Waals surface area contributed by atoms with E-state index in [1.807, 2.05) is 71.0 Å². The topological polar surface area (TPSA) is 65.2 Å². The molecule has 170 valence electrons. The van der Waals surface area contributed by atoms with Gasteiger partial charge in [0, 0.05) is 24.7 Å². The van der Waals surface area contributed by atoms with Crippen molar-refractivity contribution in [2.45, 2.75) is 6.92 Å². The van der Waals surface area contributed by atoms with Crippen LogP contribution < -0.4 is 0 Å². The number of aldehydes is 1. The van der Waals surface area contributed by atoms with Crippen LogP contribution in [0, 0.1) is 6.92 Å². The molecular formula is C26H23N5O2S. The minimum absolute atomic E-state index is 0.563. The van der Waals surface area contributed by atoms with Crippen molar-refractivity contribution in [1.29, 1.82) is 0 Å². The Morgan fingerprint density at radius 3 is 2.09 bits per heavy atom. The van der Waals surface area contributed by atoms with Crippen LogP contribution in [-0.4, -0.2) is 57.1 Å². The van der Waals surface area contributed by atoms with Crippen molar-refractivity contribution in [2.75, 3.05) is 26.3 Å². The van der Waals surface area contributed by atoms with Gasteiger partial charge < -0.3 is 9.64 Å². The minimum atomic E-state index is 0.563. The number of carbonyl (C=O) groups excluding carboxylic acids is 1. The maximum absolute atomic E-state index is 12.3. The van der Waals surface area contributed by atoms with E-state index in [9.17, 15) is 4.79 Å². The lowest BCUT2D eigenvalue weighted by molar-refractivity contribution is -0.103. The number of fused-ring (bicyclic) bond motifs is 3. The molecular weight excluding hydrogens is 446 g/mol. The van der Waals surface area contributed by atoms with E-state index < -0.39 is 0 Å². The van der Waals surface area contributed by atoms with Crippen molar-refractivity contribution >= 4 is 43.6 Å². The summed E-state index contributed by atoms with van der Waals surface area (Å²) in [6.07, 6.45) is 2.83. The van der Waals surface area contributed by atoms with E-state index in [0.717, 1.165) is 56.9 Å². The third-order valence-electron chi connectivity index (χ3n) is 6.07. The molecule has 0 N–H and O–H groups in total. The van der Waals surface area contributed by atoms with E-state index in [2.05, 4.69) is 17.0 Å². The van der Waals surface area contributed by atoms with Gasteiger partial charge in [-0.25, -0.2) is 9.36 Å². The second-order valence-corrected chi connectivity index (χ2v) is 9.22. The maximum Gasteiger partial charge on any atom is 0.153 e. The van der Waals surface area contributed by atoms with Crippen LogP contribution in [-0.2, 0) is 9.53 Å². The Balaban J connectivity index is 1.63. The number of hydrogen-bond acceptors (Lipinski definition) is 6. The highest BCUT2D eigenvalue weighted by atomic mass is 32.1. The number of ether oxygens (including phenoxy) is 1. The summed E-state index contributed by atoms with van der Waals surface area (Å²) in [5.74, 6) is 0. The number of benzene rings is 2. The molecule has 2 aromatic carbocycles. The lowest BCUT2D eigenvalue weighted by atomic mass is 10.1. The number of thiophene rings is 1. The molecule has 0 spiro atoms. The molecule has 0 bridgehead atoms. The Morgan fingerprint density at radius 2 is 1.47 bits per heavy atom. The second-order valence-electron chi connectivity index (χ2n) is 8.24. The van der Waals surface area contributed by atoms with Crippen LogP contribution in [0.25, 0.3) is 37.4 Å². The summed E-state index contributed by atoms with van der Waals surface area (Å²) in [5.41, 5.74) is 4.12. The Hall–Kier alpha value is -3.75. The SMILES string of the molecule is Cc1nn(-c2ccccc2)c2sc3c(c(/C(C=O)=C/N4CCOCC4)nn3-c3ccccc3)c12. The highest BCUT2D eigenvalue weighted by molar-refractivity contribution is 7.25. The summed E-state index contributed by atoms with van der Waals surface area (Å²) in [6.45, 7) is 4.84. The number of aromatic nitrogens is 4. The number of morpholine rings is 1. The van der Waals surface area contributed by atoms with Crippen LogP contribution in [0.4, 0.5) is 0 Å². The van der Waals surface area contributed by atoms with Gasteiger partial charge in [0.05, 0.1) is 41.2 Å². The lowest BCUT2D eigenvalue weighted by Crippen LogP contribution is -2.32. The first-order chi connectivity index (χ1) is 16.7. The lowest BCUT2D eigenvalue weighted by Gasteiger charge is -2.25. The number of rotatable bonds is 5. The summed E-state index contributed by atoms with van der Waals surface area (Å²) < 4.78 is 9.40. The van der Waals surface area contributed by atoms with Gasteiger partial charge in [0.2, 0.25) is 0 Å². The first kappa shape index (κ1) is 20.8. The molecule has 1 fully saturated rings. The molecule has 6 rings (SSSR count). The van der Waals surface area contributed by atoms with E-state index >= 15 is 0 Å². The molecule has 0 atom stereocenters. The summed E-state index contributed by atoms with van der Waals surface area (Å²) in [5, 5.41) is 11.8. The Morgan fingerprint density at radius 1 is 0.882 bits per heavy atom. The van der Waals surface area contributed by atoms with Crippen LogP contribution in [0.15, 0.2) is 66.9 Å². The number of nitrogens with zero attached hydrogens (tertiary/aromatic N) is 5. The number of aryl methyl sites for hydroxylation is 1. The largest absolute Gasteiger partial charge is 0.378 e. The summed E-state index contributed by atoms with van der Waals surface area (Å²) in [6, 6.07) is 20.2. The summed E-state index contributed by atoms with van der Waals surface area (Å²) in [4.78, 5) is 16.5. The summed E-state index contributed by atoms with van der Waals surface area (Å²) in [7, 11) is 0. The van der Waals surface area contributed by atoms with Gasteiger partial charge in [0.1, 0.15) is 15.4 Å². The number of hydrogen-bond donors (Lipinski definition) is 0. The van der Waals surface area contributed by atoms with Crippen molar-refractivity contribution in [2.24, 2.45) is 0 Å². The van der Waals surface area contributed by atoms with Crippen LogP contribution in [0.2, 0.25) is 0 Å². The van der Waals surface area contributed by atoms with Gasteiger partial charge in [0.25, 0.3) is 0 Å². The molecule has 0 amide bonds. The predicted octanol–water partition coefficient (Wildman–Crippen LogP) is 4.61. The molecule has 5 aromatic rings. The normalized spacial score (nSPS) is 14.9. The van der Waals surface area contributed by atoms with Crippen LogP contribution in [0.3, 0.4) is 0 Å². The average molecular weight is 470 g/mol. The van der Waals surface area contributed by atoms with Crippen LogP contribution in [0.5, 0.6) is 0 Å². The van der Waals surface area contributed by atoms with Crippen LogP contribution in [0.1, 0.15) is 11.4 Å². The van der Waals surface area contributed by atoms with E-state index in [0.29, 0.717) is 24.5 Å². The third kappa shape index (κ3) is 3.43. The maximum atomic E-state index is 12.3. The molecule has 1 aliphatic rings. The molecule has 0 radical (unpaired) electrons. The fraction of sp³-hybridized carbons (Fsp3) is 0.192. The van der Waals surface area contributed by atoms with E-state index in [-0.39, 0.29) is 0 Å². The monoisotopic (exact) mass is 469 g/mol. The first-order valence-electron chi connectivity index (χ1n) is 11.3. The van der Waals surface area contributed by atoms with E-state index in [1.54, 1.807) is 11.3 Å². The number of para-hydroxylation sites is 2. The zero-order chi connectivity index (χ0) is 23.1. The standard InChI is InChI=1S/C26H23N5O2S/c1-18-22-23-24(19(17-32)16-29-12-14-33-15-13-29)28-31(21-10-6-3-7-11-21)26(23)34-25(22)30(27-18)20-8-4-2-5-9-20/h2-11,16-17H,12-15H2,1H3/b19-16+. The fourth-order valence-electron chi connectivity index (χ4n) is 4.44. The molecule has 34 heavy (non-hydrogen) atoms. The Bertz CT molecular complexity index is 1510. The minimum Gasteiger partial charge on any atom is -0.378 e. The smallest absolute Gasteiger partial charge is 0.153 e. The second kappa shape index (κ2) is 8.55. The highest BCUT2D eigenvalue weighted by Gasteiger charge is 2.25. The van der Waals surface area contributed by atoms with Gasteiger partial charge >= 0.3 is 0 Å². The van der Waals surface area contributed by atoms with Crippen molar-refractivity contribution in [3.05, 3.63) is 78.3 Å². The van der Waals surface area contributed by atoms with Crippen molar-refractivity contribution in [3.63, 3.8) is 0 Å². The van der Waals surface area contributed by atoms with Crippen LogP contribution >= 0.6 is 11.3 Å². The zero-order valence-electron chi connectivity index (χ0n) is 18.7. The molecule has 1 aliphatic heterocycles. The van der Waals surface area contributed by atoms with Gasteiger partial charge in [0.15, 0.2) is 6.29 Å². The van der Waals surface area contributed by atoms with Crippen molar-refractivity contribution < 1.29 is 9.53 Å². The molecule has 4 heterocycles. The van der Waals surface area contributed by atoms with Gasteiger partial charge in [-0.3, -0.25) is 4.79 Å². The number of allylic oxidation sites excluding steroid dienone is 1. The quantitative estimate of drug-likeness (QED) is 0.278. The first-order valence-corrected chi connectivity index (χ1v) is 12.1. The number of carbonyl (C=O) groups is 1. The van der Waals surface area contributed by atoms with Gasteiger partial charge in [-0.2, -0.15) is 10.2 Å². The van der Waals surface area contributed by atoms with Crippen molar-refractivity contribution in [1.82, 2.24) is 24.5 Å². The zero-order valence-corrected chi connectivity index (χ0v) is 19.5. The van der Waals surface area contributed by atoms with Gasteiger partial charge in [-0.15, -0.1) is 0 Å².